The maximum Gasteiger partial charge on any atom is 0.313 e. The van der Waals surface area contributed by atoms with Gasteiger partial charge in [-0.05, 0) is 38.0 Å². The molecule has 0 saturated carbocycles. The van der Waals surface area contributed by atoms with Crippen LogP contribution in [0.3, 0.4) is 0 Å². The predicted octanol–water partition coefficient (Wildman–Crippen LogP) is 2.04. The van der Waals surface area contributed by atoms with Crippen molar-refractivity contribution in [2.24, 2.45) is 5.73 Å². The Balaban J connectivity index is 0.000000315. The fourth-order valence-electron chi connectivity index (χ4n) is 1.67. The Bertz CT molecular complexity index is 392. The van der Waals surface area contributed by atoms with Gasteiger partial charge in [-0.25, -0.2) is 0 Å². The fraction of sp³-hybridized carbons (Fsp3) is 0.529. The van der Waals surface area contributed by atoms with Crippen molar-refractivity contribution in [2.45, 2.75) is 39.5 Å². The number of rotatable bonds is 4. The molecule has 5 heteroatoms. The Morgan fingerprint density at radius 1 is 1.05 bits per heavy atom. The van der Waals surface area contributed by atoms with E-state index >= 15 is 0 Å². The second-order valence-corrected chi connectivity index (χ2v) is 4.68. The molecule has 0 unspecified atom stereocenters. The molecular weight excluding hydrogens is 280 g/mol. The zero-order valence-corrected chi connectivity index (χ0v) is 13.6. The summed E-state index contributed by atoms with van der Waals surface area (Å²) in [4.78, 5) is 20.5. The zero-order chi connectivity index (χ0) is 16.6. The van der Waals surface area contributed by atoms with Crippen molar-refractivity contribution in [1.29, 1.82) is 0 Å². The molecule has 0 bridgehead atoms. The van der Waals surface area contributed by atoms with Crippen LogP contribution in [-0.4, -0.2) is 31.6 Å². The van der Waals surface area contributed by atoms with Gasteiger partial charge < -0.3 is 15.8 Å². The van der Waals surface area contributed by atoms with Gasteiger partial charge >= 0.3 is 11.9 Å². The average molecular weight is 308 g/mol. The van der Waals surface area contributed by atoms with E-state index in [1.807, 2.05) is 18.2 Å². The summed E-state index contributed by atoms with van der Waals surface area (Å²) in [5.41, 5.74) is 6.68. The molecule has 0 amide bonds. The summed E-state index contributed by atoms with van der Waals surface area (Å²) in [6, 6.07) is 10.3. The van der Waals surface area contributed by atoms with Gasteiger partial charge in [-0.2, -0.15) is 0 Å². The van der Waals surface area contributed by atoms with E-state index in [4.69, 9.17) is 5.73 Å². The maximum atomic E-state index is 10.2. The first kappa shape index (κ1) is 20.3. The minimum atomic E-state index is -0.388. The Morgan fingerprint density at radius 3 is 1.91 bits per heavy atom. The molecule has 0 aromatic heterocycles. The van der Waals surface area contributed by atoms with Crippen molar-refractivity contribution < 1.29 is 14.3 Å². The SMILES string of the molecule is CCNCC.NCCc1ccccc1.O=C1CCCC(=O)O1. The van der Waals surface area contributed by atoms with Crippen LogP contribution >= 0.6 is 0 Å². The number of carbonyl (C=O) groups is 2. The molecule has 0 radical (unpaired) electrons. The molecule has 3 N–H and O–H groups in total. The van der Waals surface area contributed by atoms with Gasteiger partial charge in [0.1, 0.15) is 0 Å². The highest BCUT2D eigenvalue weighted by molar-refractivity contribution is 5.87. The molecular formula is C17H28N2O3. The summed E-state index contributed by atoms with van der Waals surface area (Å²) >= 11 is 0. The van der Waals surface area contributed by atoms with Gasteiger partial charge in [-0.1, -0.05) is 44.2 Å². The standard InChI is InChI=1S/C8H11N.C5H6O3.C4H11N/c9-7-6-8-4-2-1-3-5-8;6-4-2-1-3-5(7)8-4;1-3-5-4-2/h1-5H,6-7,9H2;1-3H2;5H,3-4H2,1-2H3. The van der Waals surface area contributed by atoms with Crippen molar-refractivity contribution in [2.75, 3.05) is 19.6 Å². The number of hydrogen-bond donors (Lipinski definition) is 2. The highest BCUT2D eigenvalue weighted by Gasteiger charge is 2.15. The van der Waals surface area contributed by atoms with Crippen LogP contribution < -0.4 is 11.1 Å². The third kappa shape index (κ3) is 12.1. The van der Waals surface area contributed by atoms with Crippen LogP contribution in [0.5, 0.6) is 0 Å². The molecule has 124 valence electrons. The van der Waals surface area contributed by atoms with Crippen LogP contribution in [0.25, 0.3) is 0 Å². The first-order chi connectivity index (χ1) is 10.6. The molecule has 0 atom stereocenters. The lowest BCUT2D eigenvalue weighted by atomic mass is 10.2. The third-order valence-electron chi connectivity index (χ3n) is 2.77. The number of nitrogens with two attached hydrogens (primary N) is 1. The lowest BCUT2D eigenvalue weighted by molar-refractivity contribution is -0.163. The van der Waals surface area contributed by atoms with E-state index in [-0.39, 0.29) is 11.9 Å². The Hall–Kier alpha value is -1.72. The van der Waals surface area contributed by atoms with Crippen molar-refractivity contribution in [1.82, 2.24) is 5.32 Å². The normalized spacial score (nSPS) is 13.2. The van der Waals surface area contributed by atoms with E-state index in [0.29, 0.717) is 19.3 Å². The average Bonchev–Trinajstić information content (AvgIpc) is 2.50. The van der Waals surface area contributed by atoms with Gasteiger partial charge in [0.15, 0.2) is 0 Å². The summed E-state index contributed by atoms with van der Waals surface area (Å²) in [6.45, 7) is 7.13. The lowest BCUT2D eigenvalue weighted by Gasteiger charge is -2.06. The van der Waals surface area contributed by atoms with Crippen LogP contribution in [0, 0.1) is 0 Å². The van der Waals surface area contributed by atoms with Gasteiger partial charge in [-0.15, -0.1) is 0 Å². The minimum absolute atomic E-state index is 0.388. The molecule has 1 aromatic carbocycles. The first-order valence-corrected chi connectivity index (χ1v) is 7.82. The van der Waals surface area contributed by atoms with Gasteiger partial charge in [-0.3, -0.25) is 9.59 Å². The Labute approximate surface area is 133 Å². The smallest absolute Gasteiger partial charge is 0.313 e. The van der Waals surface area contributed by atoms with Gasteiger partial charge in [0.25, 0.3) is 0 Å². The predicted molar refractivity (Wildman–Crippen MR) is 88.4 cm³/mol. The second kappa shape index (κ2) is 14.2. The summed E-state index contributed by atoms with van der Waals surface area (Å²) < 4.78 is 4.21. The van der Waals surface area contributed by atoms with E-state index in [1.165, 1.54) is 5.56 Å². The molecule has 1 aromatic rings. The number of benzene rings is 1. The maximum absolute atomic E-state index is 10.2. The summed E-state index contributed by atoms with van der Waals surface area (Å²) in [7, 11) is 0. The highest BCUT2D eigenvalue weighted by Crippen LogP contribution is 2.06. The van der Waals surface area contributed by atoms with Crippen LogP contribution in [0.15, 0.2) is 30.3 Å². The quantitative estimate of drug-likeness (QED) is 0.657. The molecule has 1 fully saturated rings. The number of cyclic esters (lactones) is 2. The highest BCUT2D eigenvalue weighted by atomic mass is 16.6. The van der Waals surface area contributed by atoms with Crippen molar-refractivity contribution in [3.63, 3.8) is 0 Å². The van der Waals surface area contributed by atoms with Crippen molar-refractivity contribution in [3.8, 4) is 0 Å². The molecule has 0 spiro atoms. The van der Waals surface area contributed by atoms with Crippen LogP contribution in [0.4, 0.5) is 0 Å². The van der Waals surface area contributed by atoms with Gasteiger partial charge in [0, 0.05) is 12.8 Å². The van der Waals surface area contributed by atoms with Crippen LogP contribution in [0.2, 0.25) is 0 Å². The number of ether oxygens (including phenoxy) is 1. The monoisotopic (exact) mass is 308 g/mol. The molecule has 0 aliphatic carbocycles. The van der Waals surface area contributed by atoms with Crippen LogP contribution in [0.1, 0.15) is 38.7 Å². The molecule has 22 heavy (non-hydrogen) atoms. The molecule has 5 nitrogen and oxygen atoms in total. The molecule has 2 rings (SSSR count). The van der Waals surface area contributed by atoms with E-state index in [9.17, 15) is 9.59 Å². The fourth-order valence-corrected chi connectivity index (χ4v) is 1.67. The minimum Gasteiger partial charge on any atom is -0.393 e. The van der Waals surface area contributed by atoms with Crippen molar-refractivity contribution in [3.05, 3.63) is 35.9 Å². The van der Waals surface area contributed by atoms with Crippen LogP contribution in [-0.2, 0) is 20.7 Å². The van der Waals surface area contributed by atoms with Gasteiger partial charge in [0.2, 0.25) is 0 Å². The summed E-state index contributed by atoms with van der Waals surface area (Å²) in [5.74, 6) is -0.775. The van der Waals surface area contributed by atoms with E-state index in [1.54, 1.807) is 0 Å². The number of nitrogens with one attached hydrogen (secondary N) is 1. The second-order valence-electron chi connectivity index (χ2n) is 4.68. The number of hydrogen-bond acceptors (Lipinski definition) is 5. The topological polar surface area (TPSA) is 81.4 Å². The molecule has 1 aliphatic heterocycles. The molecule has 1 aliphatic rings. The Kier molecular flexibility index (Phi) is 13.1. The van der Waals surface area contributed by atoms with E-state index < -0.39 is 0 Å². The zero-order valence-electron chi connectivity index (χ0n) is 13.6. The third-order valence-corrected chi connectivity index (χ3v) is 2.77. The molecule has 1 saturated heterocycles. The molecule has 1 heterocycles. The van der Waals surface area contributed by atoms with Crippen molar-refractivity contribution >= 4 is 11.9 Å². The lowest BCUT2D eigenvalue weighted by Crippen LogP contribution is -2.17. The van der Waals surface area contributed by atoms with E-state index in [0.717, 1.165) is 26.1 Å². The Morgan fingerprint density at radius 2 is 1.59 bits per heavy atom. The largest absolute Gasteiger partial charge is 0.393 e. The van der Waals surface area contributed by atoms with Gasteiger partial charge in [0.05, 0.1) is 0 Å². The number of carbonyl (C=O) groups excluding carboxylic acids is 2. The summed E-state index contributed by atoms with van der Waals surface area (Å²) in [5, 5.41) is 3.11. The van der Waals surface area contributed by atoms with E-state index in [2.05, 4.69) is 36.0 Å². The number of esters is 2. The first-order valence-electron chi connectivity index (χ1n) is 7.82. The summed E-state index contributed by atoms with van der Waals surface area (Å²) in [6.07, 6.45) is 2.43.